The van der Waals surface area contributed by atoms with Crippen molar-refractivity contribution in [1.82, 2.24) is 15.0 Å². The predicted molar refractivity (Wildman–Crippen MR) is 58.2 cm³/mol. The number of aliphatic hydroxyl groups is 1. The minimum Gasteiger partial charge on any atom is -0.396 e. The number of aryl methyl sites for hydroxylation is 1. The molecular weight excluding hydrogens is 192 g/mol. The van der Waals surface area contributed by atoms with Crippen molar-refractivity contribution < 1.29 is 5.11 Å². The summed E-state index contributed by atoms with van der Waals surface area (Å²) < 4.78 is 1.81. The lowest BCUT2D eigenvalue weighted by Gasteiger charge is -2.13. The second kappa shape index (κ2) is 5.23. The standard InChI is InChI=1S/C10H20N4O/c1-10(2,11)9-8-14(13-12-9)6-4-3-5-7-15/h8,15H,3-7,11H2,1-2H3. The van der Waals surface area contributed by atoms with Crippen molar-refractivity contribution in [2.45, 2.75) is 45.2 Å². The van der Waals surface area contributed by atoms with Crippen LogP contribution in [0.2, 0.25) is 0 Å². The molecule has 5 nitrogen and oxygen atoms in total. The molecule has 1 heterocycles. The fourth-order valence-electron chi connectivity index (χ4n) is 1.27. The zero-order chi connectivity index (χ0) is 11.3. The summed E-state index contributed by atoms with van der Waals surface area (Å²) in [5.74, 6) is 0. The van der Waals surface area contributed by atoms with Gasteiger partial charge in [0.1, 0.15) is 5.69 Å². The van der Waals surface area contributed by atoms with E-state index in [4.69, 9.17) is 10.8 Å². The molecule has 86 valence electrons. The third-order valence-corrected chi connectivity index (χ3v) is 2.24. The van der Waals surface area contributed by atoms with E-state index < -0.39 is 5.54 Å². The number of unbranched alkanes of at least 4 members (excludes halogenated alkanes) is 2. The van der Waals surface area contributed by atoms with Crippen molar-refractivity contribution in [2.24, 2.45) is 5.73 Å². The Morgan fingerprint density at radius 3 is 2.67 bits per heavy atom. The van der Waals surface area contributed by atoms with Crippen LogP contribution >= 0.6 is 0 Å². The number of nitrogens with two attached hydrogens (primary N) is 1. The molecule has 0 unspecified atom stereocenters. The smallest absolute Gasteiger partial charge is 0.102 e. The molecule has 0 aliphatic heterocycles. The number of hydrogen-bond donors (Lipinski definition) is 2. The van der Waals surface area contributed by atoms with Gasteiger partial charge in [-0.3, -0.25) is 4.68 Å². The number of hydrogen-bond acceptors (Lipinski definition) is 4. The Balaban J connectivity index is 2.40. The van der Waals surface area contributed by atoms with Crippen molar-refractivity contribution in [3.63, 3.8) is 0 Å². The van der Waals surface area contributed by atoms with Gasteiger partial charge in [0, 0.05) is 13.2 Å². The van der Waals surface area contributed by atoms with Crippen LogP contribution in [0.3, 0.4) is 0 Å². The first-order valence-corrected chi connectivity index (χ1v) is 5.34. The molecule has 0 saturated carbocycles. The van der Waals surface area contributed by atoms with Crippen LogP contribution in [0.25, 0.3) is 0 Å². The third kappa shape index (κ3) is 3.97. The molecule has 0 saturated heterocycles. The van der Waals surface area contributed by atoms with Crippen LogP contribution in [0.4, 0.5) is 0 Å². The highest BCUT2D eigenvalue weighted by atomic mass is 16.2. The lowest BCUT2D eigenvalue weighted by atomic mass is 10.0. The minimum absolute atomic E-state index is 0.262. The second-order valence-electron chi connectivity index (χ2n) is 4.37. The maximum Gasteiger partial charge on any atom is 0.102 e. The molecule has 0 aliphatic carbocycles. The van der Waals surface area contributed by atoms with E-state index in [-0.39, 0.29) is 6.61 Å². The molecule has 3 N–H and O–H groups in total. The third-order valence-electron chi connectivity index (χ3n) is 2.24. The normalized spacial score (nSPS) is 12.0. The molecule has 1 aromatic rings. The summed E-state index contributed by atoms with van der Waals surface area (Å²) in [5, 5.41) is 16.7. The van der Waals surface area contributed by atoms with E-state index in [9.17, 15) is 0 Å². The molecule has 0 aromatic carbocycles. The molecule has 0 fully saturated rings. The zero-order valence-corrected chi connectivity index (χ0v) is 9.48. The monoisotopic (exact) mass is 212 g/mol. The van der Waals surface area contributed by atoms with Gasteiger partial charge in [-0.2, -0.15) is 0 Å². The average molecular weight is 212 g/mol. The summed E-state index contributed by atoms with van der Waals surface area (Å²) in [6.45, 7) is 4.92. The lowest BCUT2D eigenvalue weighted by molar-refractivity contribution is 0.281. The van der Waals surface area contributed by atoms with Gasteiger partial charge < -0.3 is 10.8 Å². The summed E-state index contributed by atoms with van der Waals surface area (Å²) in [6, 6.07) is 0. The molecular formula is C10H20N4O. The van der Waals surface area contributed by atoms with Gasteiger partial charge in [0.15, 0.2) is 0 Å². The van der Waals surface area contributed by atoms with E-state index in [0.717, 1.165) is 31.5 Å². The number of nitrogens with zero attached hydrogens (tertiary/aromatic N) is 3. The maximum absolute atomic E-state index is 8.62. The Bertz CT molecular complexity index is 290. The molecule has 0 radical (unpaired) electrons. The van der Waals surface area contributed by atoms with Crippen LogP contribution in [0.5, 0.6) is 0 Å². The van der Waals surface area contributed by atoms with Gasteiger partial charge in [0.05, 0.1) is 11.7 Å². The van der Waals surface area contributed by atoms with E-state index >= 15 is 0 Å². The molecule has 0 bridgehead atoms. The molecule has 0 aliphatic rings. The first-order chi connectivity index (χ1) is 7.04. The summed E-state index contributed by atoms with van der Waals surface area (Å²) >= 11 is 0. The van der Waals surface area contributed by atoms with Gasteiger partial charge in [0.25, 0.3) is 0 Å². The Kier molecular flexibility index (Phi) is 4.23. The zero-order valence-electron chi connectivity index (χ0n) is 9.48. The Morgan fingerprint density at radius 1 is 1.40 bits per heavy atom. The fourth-order valence-corrected chi connectivity index (χ4v) is 1.27. The van der Waals surface area contributed by atoms with E-state index in [1.165, 1.54) is 0 Å². The van der Waals surface area contributed by atoms with Crippen LogP contribution in [0.1, 0.15) is 38.8 Å². The molecule has 15 heavy (non-hydrogen) atoms. The Hall–Kier alpha value is -0.940. The van der Waals surface area contributed by atoms with Crippen molar-refractivity contribution in [1.29, 1.82) is 0 Å². The van der Waals surface area contributed by atoms with Crippen LogP contribution in [-0.4, -0.2) is 26.7 Å². The highest BCUT2D eigenvalue weighted by molar-refractivity contribution is 5.05. The SMILES string of the molecule is CC(C)(N)c1cn(CCCCCO)nn1. The van der Waals surface area contributed by atoms with Crippen molar-refractivity contribution in [3.05, 3.63) is 11.9 Å². The topological polar surface area (TPSA) is 77.0 Å². The number of aromatic nitrogens is 3. The lowest BCUT2D eigenvalue weighted by Crippen LogP contribution is -2.29. The van der Waals surface area contributed by atoms with Crippen molar-refractivity contribution in [3.8, 4) is 0 Å². The van der Waals surface area contributed by atoms with Gasteiger partial charge in [-0.05, 0) is 33.1 Å². The summed E-state index contributed by atoms with van der Waals surface area (Å²) in [7, 11) is 0. The quantitative estimate of drug-likeness (QED) is 0.678. The number of aliphatic hydroxyl groups excluding tert-OH is 1. The summed E-state index contributed by atoms with van der Waals surface area (Å²) in [4.78, 5) is 0. The molecule has 0 atom stereocenters. The Labute approximate surface area is 90.3 Å². The van der Waals surface area contributed by atoms with Crippen molar-refractivity contribution in [2.75, 3.05) is 6.61 Å². The Morgan fingerprint density at radius 2 is 2.13 bits per heavy atom. The first-order valence-electron chi connectivity index (χ1n) is 5.34. The van der Waals surface area contributed by atoms with Crippen LogP contribution in [0.15, 0.2) is 6.20 Å². The molecule has 1 aromatic heterocycles. The molecule has 0 spiro atoms. The van der Waals surface area contributed by atoms with E-state index in [0.29, 0.717) is 0 Å². The van der Waals surface area contributed by atoms with E-state index in [1.54, 1.807) is 4.68 Å². The van der Waals surface area contributed by atoms with Crippen molar-refractivity contribution >= 4 is 0 Å². The minimum atomic E-state index is -0.427. The van der Waals surface area contributed by atoms with E-state index in [1.807, 2.05) is 20.0 Å². The highest BCUT2D eigenvalue weighted by Gasteiger charge is 2.17. The average Bonchev–Trinajstić information content (AvgIpc) is 2.60. The summed E-state index contributed by atoms with van der Waals surface area (Å²) in [6.07, 6.45) is 4.76. The van der Waals surface area contributed by atoms with Gasteiger partial charge >= 0.3 is 0 Å². The molecule has 0 amide bonds. The molecule has 1 rings (SSSR count). The van der Waals surface area contributed by atoms with E-state index in [2.05, 4.69) is 10.3 Å². The van der Waals surface area contributed by atoms with Gasteiger partial charge in [-0.15, -0.1) is 5.10 Å². The van der Waals surface area contributed by atoms with Crippen LogP contribution in [0, 0.1) is 0 Å². The molecule has 5 heteroatoms. The summed E-state index contributed by atoms with van der Waals surface area (Å²) in [5.41, 5.74) is 6.28. The largest absolute Gasteiger partial charge is 0.396 e. The fraction of sp³-hybridized carbons (Fsp3) is 0.800. The van der Waals surface area contributed by atoms with Crippen LogP contribution in [-0.2, 0) is 12.1 Å². The number of rotatable bonds is 6. The first kappa shape index (κ1) is 12.1. The van der Waals surface area contributed by atoms with Gasteiger partial charge in [0.2, 0.25) is 0 Å². The second-order valence-corrected chi connectivity index (χ2v) is 4.37. The predicted octanol–water partition coefficient (Wildman–Crippen LogP) is 0.634. The van der Waals surface area contributed by atoms with Gasteiger partial charge in [-0.1, -0.05) is 5.21 Å². The van der Waals surface area contributed by atoms with Crippen LogP contribution < -0.4 is 5.73 Å². The highest BCUT2D eigenvalue weighted by Crippen LogP contribution is 2.12. The maximum atomic E-state index is 8.62. The van der Waals surface area contributed by atoms with Gasteiger partial charge in [-0.25, -0.2) is 0 Å².